The minimum absolute atomic E-state index is 0.0678. The number of benzene rings is 1. The first-order valence-electron chi connectivity index (χ1n) is 7.44. The van der Waals surface area contributed by atoms with Gasteiger partial charge in [-0.3, -0.25) is 10.9 Å². The van der Waals surface area contributed by atoms with Crippen molar-refractivity contribution in [2.75, 3.05) is 5.32 Å². The Labute approximate surface area is 133 Å². The largest absolute Gasteiger partial charge is 0.332 e. The van der Waals surface area contributed by atoms with Crippen molar-refractivity contribution in [1.82, 2.24) is 16.2 Å². The molecule has 1 aliphatic heterocycles. The summed E-state index contributed by atoms with van der Waals surface area (Å²) in [7, 11) is 0. The molecule has 114 valence electrons. The van der Waals surface area contributed by atoms with Gasteiger partial charge < -0.3 is 10.6 Å². The number of anilines is 1. The Balaban J connectivity index is 1.68. The van der Waals surface area contributed by atoms with E-state index in [1.807, 2.05) is 13.8 Å². The maximum Gasteiger partial charge on any atom is 0.319 e. The second-order valence-corrected chi connectivity index (χ2v) is 6.80. The van der Waals surface area contributed by atoms with Crippen molar-refractivity contribution in [1.29, 1.82) is 0 Å². The van der Waals surface area contributed by atoms with Gasteiger partial charge >= 0.3 is 6.03 Å². The summed E-state index contributed by atoms with van der Waals surface area (Å²) in [6.45, 7) is 4.10. The molecule has 1 aliphatic carbocycles. The lowest BCUT2D eigenvalue weighted by atomic mass is 10.1. The standard InChI is InChI=1S/C15H21BrN4O/c1-8-14(9(2)20-19-8)18-15(21)17-13-7-11-5-3-4-10(11)6-12(13)16/h6-9,14,19-20H,3-5H2,1-2H3,(H2,17,18,21). The highest BCUT2D eigenvalue weighted by molar-refractivity contribution is 9.10. The summed E-state index contributed by atoms with van der Waals surface area (Å²) < 4.78 is 0.946. The number of carbonyl (C=O) groups excluding carboxylic acids is 1. The van der Waals surface area contributed by atoms with Crippen LogP contribution in [0.2, 0.25) is 0 Å². The molecule has 0 saturated carbocycles. The molecule has 1 heterocycles. The number of urea groups is 1. The van der Waals surface area contributed by atoms with E-state index < -0.39 is 0 Å². The van der Waals surface area contributed by atoms with Crippen molar-refractivity contribution in [3.8, 4) is 0 Å². The topological polar surface area (TPSA) is 65.2 Å². The molecule has 1 saturated heterocycles. The highest BCUT2D eigenvalue weighted by Gasteiger charge is 2.31. The van der Waals surface area contributed by atoms with Gasteiger partial charge in [0.1, 0.15) is 0 Å². The van der Waals surface area contributed by atoms with Gasteiger partial charge in [0.15, 0.2) is 0 Å². The molecule has 0 aromatic heterocycles. The number of carbonyl (C=O) groups is 1. The molecule has 1 aromatic carbocycles. The van der Waals surface area contributed by atoms with Gasteiger partial charge in [-0.15, -0.1) is 0 Å². The molecule has 1 fully saturated rings. The van der Waals surface area contributed by atoms with Crippen LogP contribution in [-0.2, 0) is 12.8 Å². The summed E-state index contributed by atoms with van der Waals surface area (Å²) in [6, 6.07) is 4.52. The molecule has 0 spiro atoms. The van der Waals surface area contributed by atoms with Crippen LogP contribution in [0.1, 0.15) is 31.4 Å². The van der Waals surface area contributed by atoms with Crippen molar-refractivity contribution in [3.63, 3.8) is 0 Å². The minimum Gasteiger partial charge on any atom is -0.332 e. The predicted molar refractivity (Wildman–Crippen MR) is 87.3 cm³/mol. The number of halogens is 1. The van der Waals surface area contributed by atoms with Gasteiger partial charge in [0.2, 0.25) is 0 Å². The molecular weight excluding hydrogens is 332 g/mol. The predicted octanol–water partition coefficient (Wildman–Crippen LogP) is 2.31. The highest BCUT2D eigenvalue weighted by atomic mass is 79.9. The van der Waals surface area contributed by atoms with E-state index in [1.165, 1.54) is 17.5 Å². The highest BCUT2D eigenvalue weighted by Crippen LogP contribution is 2.31. The number of rotatable bonds is 2. The maximum atomic E-state index is 12.2. The van der Waals surface area contributed by atoms with Gasteiger partial charge in [0.25, 0.3) is 0 Å². The first kappa shape index (κ1) is 14.8. The minimum atomic E-state index is -0.164. The van der Waals surface area contributed by atoms with Crippen LogP contribution < -0.4 is 21.5 Å². The number of hydrogen-bond donors (Lipinski definition) is 4. The third-order valence-corrected chi connectivity index (χ3v) is 5.00. The number of hydrogen-bond acceptors (Lipinski definition) is 3. The summed E-state index contributed by atoms with van der Waals surface area (Å²) in [4.78, 5) is 12.2. The molecule has 5 nitrogen and oxygen atoms in total. The van der Waals surface area contributed by atoms with Gasteiger partial charge in [-0.2, -0.15) is 0 Å². The lowest BCUT2D eigenvalue weighted by Crippen LogP contribution is -2.48. The average molecular weight is 353 g/mol. The third kappa shape index (κ3) is 3.07. The molecule has 4 N–H and O–H groups in total. The molecule has 2 amide bonds. The van der Waals surface area contributed by atoms with E-state index in [0.29, 0.717) is 0 Å². The summed E-state index contributed by atoms with van der Waals surface area (Å²) in [6.07, 6.45) is 3.43. The van der Waals surface area contributed by atoms with Crippen molar-refractivity contribution >= 4 is 27.6 Å². The van der Waals surface area contributed by atoms with E-state index in [9.17, 15) is 4.79 Å². The van der Waals surface area contributed by atoms with Crippen LogP contribution in [0.15, 0.2) is 16.6 Å². The number of hydrazine groups is 1. The lowest BCUT2D eigenvalue weighted by molar-refractivity contribution is 0.246. The Hall–Kier alpha value is -1.11. The van der Waals surface area contributed by atoms with Crippen LogP contribution >= 0.6 is 15.9 Å². The third-order valence-electron chi connectivity index (χ3n) is 4.34. The molecule has 1 aromatic rings. The van der Waals surface area contributed by atoms with Crippen LogP contribution in [-0.4, -0.2) is 24.2 Å². The lowest BCUT2D eigenvalue weighted by Gasteiger charge is -2.20. The molecule has 0 bridgehead atoms. The van der Waals surface area contributed by atoms with Gasteiger partial charge in [-0.05, 0) is 72.3 Å². The monoisotopic (exact) mass is 352 g/mol. The number of amides is 2. The van der Waals surface area contributed by atoms with E-state index in [4.69, 9.17) is 0 Å². The van der Waals surface area contributed by atoms with E-state index >= 15 is 0 Å². The van der Waals surface area contributed by atoms with Gasteiger partial charge in [0, 0.05) is 16.6 Å². The Morgan fingerprint density at radius 2 is 1.81 bits per heavy atom. The Bertz CT molecular complexity index is 553. The molecule has 0 radical (unpaired) electrons. The SMILES string of the molecule is CC1NNC(C)C1NC(=O)Nc1cc2c(cc1Br)CCC2. The Morgan fingerprint density at radius 3 is 2.48 bits per heavy atom. The van der Waals surface area contributed by atoms with Crippen LogP contribution in [0.25, 0.3) is 0 Å². The van der Waals surface area contributed by atoms with Crippen LogP contribution in [0.3, 0.4) is 0 Å². The number of fused-ring (bicyclic) bond motifs is 1. The molecule has 2 aliphatic rings. The van der Waals surface area contributed by atoms with Crippen LogP contribution in [0.5, 0.6) is 0 Å². The zero-order valence-electron chi connectivity index (χ0n) is 12.3. The van der Waals surface area contributed by atoms with Gasteiger partial charge in [0.05, 0.1) is 11.7 Å². The summed E-state index contributed by atoms with van der Waals surface area (Å²) in [5.74, 6) is 0. The molecule has 3 rings (SSSR count). The number of aryl methyl sites for hydroxylation is 2. The first-order chi connectivity index (χ1) is 10.0. The van der Waals surface area contributed by atoms with Crippen molar-refractivity contribution < 1.29 is 4.79 Å². The van der Waals surface area contributed by atoms with Crippen molar-refractivity contribution in [3.05, 3.63) is 27.7 Å². The molecular formula is C15H21BrN4O. The Kier molecular flexibility index (Phi) is 4.19. The van der Waals surface area contributed by atoms with E-state index in [-0.39, 0.29) is 24.2 Å². The Morgan fingerprint density at radius 1 is 1.19 bits per heavy atom. The molecule has 6 heteroatoms. The van der Waals surface area contributed by atoms with Crippen molar-refractivity contribution in [2.24, 2.45) is 0 Å². The van der Waals surface area contributed by atoms with Crippen LogP contribution in [0, 0.1) is 0 Å². The smallest absolute Gasteiger partial charge is 0.319 e. The summed E-state index contributed by atoms with van der Waals surface area (Å²) in [5, 5.41) is 5.98. The van der Waals surface area contributed by atoms with E-state index in [2.05, 4.69) is 49.5 Å². The molecule has 21 heavy (non-hydrogen) atoms. The summed E-state index contributed by atoms with van der Waals surface area (Å²) in [5.41, 5.74) is 9.84. The normalized spacial score (nSPS) is 27.5. The van der Waals surface area contributed by atoms with Crippen molar-refractivity contribution in [2.45, 2.75) is 51.2 Å². The van der Waals surface area contributed by atoms with Crippen LogP contribution in [0.4, 0.5) is 10.5 Å². The van der Waals surface area contributed by atoms with Gasteiger partial charge in [-0.1, -0.05) is 0 Å². The fraction of sp³-hybridized carbons (Fsp3) is 0.533. The van der Waals surface area contributed by atoms with E-state index in [0.717, 1.165) is 23.0 Å². The zero-order chi connectivity index (χ0) is 15.0. The maximum absolute atomic E-state index is 12.2. The second kappa shape index (κ2) is 5.94. The second-order valence-electron chi connectivity index (χ2n) is 5.94. The number of nitrogens with one attached hydrogen (secondary N) is 4. The molecule has 2 atom stereocenters. The summed E-state index contributed by atoms with van der Waals surface area (Å²) >= 11 is 3.55. The molecule has 2 unspecified atom stereocenters. The quantitative estimate of drug-likeness (QED) is 0.660. The van der Waals surface area contributed by atoms with E-state index in [1.54, 1.807) is 0 Å². The fourth-order valence-corrected chi connectivity index (χ4v) is 3.61. The first-order valence-corrected chi connectivity index (χ1v) is 8.24. The van der Waals surface area contributed by atoms with Gasteiger partial charge in [-0.25, -0.2) is 4.79 Å². The zero-order valence-corrected chi connectivity index (χ0v) is 13.9. The fourth-order valence-electron chi connectivity index (χ4n) is 3.13. The average Bonchev–Trinajstić information content (AvgIpc) is 3.00.